The first-order chi connectivity index (χ1) is 9.92. The number of carboxylic acids is 1. The Morgan fingerprint density at radius 3 is 2.52 bits per heavy atom. The van der Waals surface area contributed by atoms with E-state index in [0.717, 1.165) is 6.92 Å². The summed E-state index contributed by atoms with van der Waals surface area (Å²) in [5, 5.41) is 20.3. The maximum absolute atomic E-state index is 11.4. The van der Waals surface area contributed by atoms with Crippen molar-refractivity contribution in [1.29, 1.82) is 0 Å². The first kappa shape index (κ1) is 16.9. The van der Waals surface area contributed by atoms with Crippen molar-refractivity contribution in [2.45, 2.75) is 12.5 Å². The van der Waals surface area contributed by atoms with Crippen molar-refractivity contribution in [3.63, 3.8) is 0 Å². The van der Waals surface area contributed by atoms with Gasteiger partial charge in [-0.25, -0.2) is 4.79 Å². The number of rotatable bonds is 9. The molecule has 0 bridgehead atoms. The van der Waals surface area contributed by atoms with Gasteiger partial charge in [0.1, 0.15) is 19.0 Å². The van der Waals surface area contributed by atoms with Crippen LogP contribution in [0, 0.1) is 0 Å². The molecule has 1 rings (SSSR count). The Bertz CT molecular complexity index is 460. The van der Waals surface area contributed by atoms with Crippen molar-refractivity contribution in [3.05, 3.63) is 30.3 Å². The van der Waals surface area contributed by atoms with Crippen molar-refractivity contribution >= 4 is 11.9 Å². The van der Waals surface area contributed by atoms with Crippen LogP contribution in [-0.2, 0) is 14.3 Å². The summed E-state index contributed by atoms with van der Waals surface area (Å²) in [6, 6.07) is 9.18. The Labute approximate surface area is 122 Å². The molecular weight excluding hydrogens is 278 g/mol. The topological polar surface area (TPSA) is 105 Å². The van der Waals surface area contributed by atoms with Crippen molar-refractivity contribution < 1.29 is 29.3 Å². The molecule has 1 amide bonds. The third kappa shape index (κ3) is 6.73. The smallest absolute Gasteiger partial charge is 0.337 e. The summed E-state index contributed by atoms with van der Waals surface area (Å²) in [7, 11) is 0. The maximum atomic E-state index is 11.4. The summed E-state index contributed by atoms with van der Waals surface area (Å²) in [6.07, 6.45) is 0. The number of para-hydroxylation sites is 1. The molecule has 1 aromatic carbocycles. The zero-order valence-electron chi connectivity index (χ0n) is 11.7. The second kappa shape index (κ2) is 8.23. The van der Waals surface area contributed by atoms with E-state index < -0.39 is 17.5 Å². The van der Waals surface area contributed by atoms with Crippen molar-refractivity contribution in [2.24, 2.45) is 0 Å². The summed E-state index contributed by atoms with van der Waals surface area (Å²) in [5.41, 5.74) is -1.99. The summed E-state index contributed by atoms with van der Waals surface area (Å²) in [5.74, 6) is -1.20. The first-order valence-electron chi connectivity index (χ1n) is 6.40. The maximum Gasteiger partial charge on any atom is 0.337 e. The van der Waals surface area contributed by atoms with Crippen LogP contribution >= 0.6 is 0 Å². The van der Waals surface area contributed by atoms with Gasteiger partial charge < -0.3 is 25.0 Å². The molecule has 0 aliphatic rings. The van der Waals surface area contributed by atoms with Gasteiger partial charge in [0.05, 0.1) is 13.2 Å². The Morgan fingerprint density at radius 2 is 1.90 bits per heavy atom. The van der Waals surface area contributed by atoms with Crippen LogP contribution in [-0.4, -0.2) is 54.1 Å². The number of aliphatic hydroxyl groups is 1. The number of carbonyl (C=O) groups is 2. The molecule has 0 heterocycles. The molecule has 3 N–H and O–H groups in total. The van der Waals surface area contributed by atoms with E-state index in [-0.39, 0.29) is 19.8 Å². The van der Waals surface area contributed by atoms with E-state index in [1.165, 1.54) is 0 Å². The van der Waals surface area contributed by atoms with Crippen molar-refractivity contribution in [3.8, 4) is 5.75 Å². The Balaban J connectivity index is 2.10. The van der Waals surface area contributed by atoms with Crippen molar-refractivity contribution in [2.75, 3.05) is 26.4 Å². The number of carboxylic acid groups (broad SMARTS) is 1. The molecule has 1 aromatic rings. The lowest BCUT2D eigenvalue weighted by atomic mass is 10.1. The number of aliphatic carboxylic acids is 1. The molecule has 0 radical (unpaired) electrons. The second-order valence-corrected chi connectivity index (χ2v) is 4.57. The summed E-state index contributed by atoms with van der Waals surface area (Å²) < 4.78 is 10.4. The monoisotopic (exact) mass is 297 g/mol. The highest BCUT2D eigenvalue weighted by Gasteiger charge is 2.30. The summed E-state index contributed by atoms with van der Waals surface area (Å²) in [6.45, 7) is 1.00. The quantitative estimate of drug-likeness (QED) is 0.556. The Hall–Kier alpha value is -2.12. The van der Waals surface area contributed by atoms with Gasteiger partial charge in [-0.1, -0.05) is 18.2 Å². The van der Waals surface area contributed by atoms with Crippen LogP contribution in [0.4, 0.5) is 0 Å². The van der Waals surface area contributed by atoms with E-state index in [4.69, 9.17) is 14.6 Å². The predicted octanol–water partition coefficient (Wildman–Crippen LogP) is 0.0338. The Morgan fingerprint density at radius 1 is 1.24 bits per heavy atom. The van der Waals surface area contributed by atoms with E-state index in [0.29, 0.717) is 12.4 Å². The van der Waals surface area contributed by atoms with Crippen LogP contribution < -0.4 is 10.1 Å². The fourth-order valence-electron chi connectivity index (χ4n) is 1.30. The van der Waals surface area contributed by atoms with Crippen LogP contribution in [0.25, 0.3) is 0 Å². The molecule has 0 aliphatic heterocycles. The molecule has 0 saturated carbocycles. The van der Waals surface area contributed by atoms with Gasteiger partial charge in [0.15, 0.2) is 5.60 Å². The summed E-state index contributed by atoms with van der Waals surface area (Å²) >= 11 is 0. The fourth-order valence-corrected chi connectivity index (χ4v) is 1.30. The highest BCUT2D eigenvalue weighted by atomic mass is 16.5. The number of hydrogen-bond donors (Lipinski definition) is 3. The van der Waals surface area contributed by atoms with Gasteiger partial charge in [0.2, 0.25) is 5.91 Å². The minimum Gasteiger partial charge on any atom is -0.491 e. The fraction of sp³-hybridized carbons (Fsp3) is 0.429. The standard InChI is InChI=1S/C14H19NO6/c1-14(19,13(17)18)10-15-12(16)9-20-7-8-21-11-5-3-2-4-6-11/h2-6,19H,7-10H2,1H3,(H,15,16)(H,17,18). The van der Waals surface area contributed by atoms with Gasteiger partial charge in [-0.15, -0.1) is 0 Å². The number of nitrogens with one attached hydrogen (secondary N) is 1. The third-order valence-corrected chi connectivity index (χ3v) is 2.56. The number of carbonyl (C=O) groups excluding carboxylic acids is 1. The highest BCUT2D eigenvalue weighted by molar-refractivity contribution is 5.80. The molecule has 0 saturated heterocycles. The zero-order valence-corrected chi connectivity index (χ0v) is 11.7. The lowest BCUT2D eigenvalue weighted by Gasteiger charge is -2.18. The van der Waals surface area contributed by atoms with Gasteiger partial charge >= 0.3 is 5.97 Å². The molecule has 116 valence electrons. The van der Waals surface area contributed by atoms with E-state index in [1.54, 1.807) is 12.1 Å². The lowest BCUT2D eigenvalue weighted by Crippen LogP contribution is -2.47. The van der Waals surface area contributed by atoms with Gasteiger partial charge in [-0.05, 0) is 19.1 Å². The van der Waals surface area contributed by atoms with Gasteiger partial charge in [0.25, 0.3) is 0 Å². The molecule has 0 aliphatic carbocycles. The van der Waals surface area contributed by atoms with Crippen LogP contribution in [0.15, 0.2) is 30.3 Å². The van der Waals surface area contributed by atoms with E-state index >= 15 is 0 Å². The molecule has 21 heavy (non-hydrogen) atoms. The highest BCUT2D eigenvalue weighted by Crippen LogP contribution is 2.07. The average Bonchev–Trinajstić information content (AvgIpc) is 2.46. The van der Waals surface area contributed by atoms with Gasteiger partial charge in [0, 0.05) is 0 Å². The predicted molar refractivity (Wildman–Crippen MR) is 74.0 cm³/mol. The molecule has 0 aromatic heterocycles. The Kier molecular flexibility index (Phi) is 6.64. The molecule has 0 spiro atoms. The number of ether oxygens (including phenoxy) is 2. The minimum atomic E-state index is -1.99. The second-order valence-electron chi connectivity index (χ2n) is 4.57. The summed E-state index contributed by atoms with van der Waals surface area (Å²) in [4.78, 5) is 22.0. The SMILES string of the molecule is CC(O)(CNC(=O)COCCOc1ccccc1)C(=O)O. The molecule has 1 unspecified atom stereocenters. The molecule has 7 nitrogen and oxygen atoms in total. The van der Waals surface area contributed by atoms with E-state index in [9.17, 15) is 14.7 Å². The largest absolute Gasteiger partial charge is 0.491 e. The zero-order chi connectivity index (χ0) is 15.7. The van der Waals surface area contributed by atoms with E-state index in [2.05, 4.69) is 5.32 Å². The van der Waals surface area contributed by atoms with Crippen LogP contribution in [0.3, 0.4) is 0 Å². The van der Waals surface area contributed by atoms with Crippen LogP contribution in [0.5, 0.6) is 5.75 Å². The average molecular weight is 297 g/mol. The number of benzene rings is 1. The van der Waals surface area contributed by atoms with Crippen LogP contribution in [0.1, 0.15) is 6.92 Å². The molecular formula is C14H19NO6. The third-order valence-electron chi connectivity index (χ3n) is 2.56. The minimum absolute atomic E-state index is 0.220. The van der Waals surface area contributed by atoms with Crippen LogP contribution in [0.2, 0.25) is 0 Å². The molecule has 0 fully saturated rings. The van der Waals surface area contributed by atoms with Crippen molar-refractivity contribution in [1.82, 2.24) is 5.32 Å². The number of amides is 1. The number of hydrogen-bond acceptors (Lipinski definition) is 5. The first-order valence-corrected chi connectivity index (χ1v) is 6.40. The normalized spacial score (nSPS) is 13.2. The van der Waals surface area contributed by atoms with E-state index in [1.807, 2.05) is 18.2 Å². The molecule has 7 heteroatoms. The lowest BCUT2D eigenvalue weighted by molar-refractivity contribution is -0.156. The molecule has 1 atom stereocenters. The van der Waals surface area contributed by atoms with Gasteiger partial charge in [-0.2, -0.15) is 0 Å². The van der Waals surface area contributed by atoms with Gasteiger partial charge in [-0.3, -0.25) is 4.79 Å².